The van der Waals surface area contributed by atoms with Crippen LogP contribution in [0, 0.1) is 0 Å². The molecule has 0 radical (unpaired) electrons. The Morgan fingerprint density at radius 3 is 2.88 bits per heavy atom. The smallest absolute Gasteiger partial charge is 0.142 e. The van der Waals surface area contributed by atoms with Gasteiger partial charge in [0.2, 0.25) is 0 Å². The molecule has 88 valence electrons. The molecule has 2 aromatic heterocycles. The molecule has 2 heterocycles. The number of hydrogen-bond donors (Lipinski definition) is 1. The fraction of sp³-hybridized carbons (Fsp3) is 0.182. The van der Waals surface area contributed by atoms with Gasteiger partial charge in [-0.1, -0.05) is 0 Å². The van der Waals surface area contributed by atoms with E-state index in [1.54, 1.807) is 24.8 Å². The van der Waals surface area contributed by atoms with Crippen LogP contribution in [0.3, 0.4) is 0 Å². The van der Waals surface area contributed by atoms with E-state index in [1.165, 1.54) is 0 Å². The lowest BCUT2D eigenvalue weighted by molar-refractivity contribution is 0.296. The number of nitrogens with two attached hydrogens (primary N) is 1. The Balaban J connectivity index is 2.07. The molecule has 0 aliphatic carbocycles. The van der Waals surface area contributed by atoms with Crippen LogP contribution in [0.1, 0.15) is 11.3 Å². The highest BCUT2D eigenvalue weighted by Gasteiger charge is 2.03. The maximum absolute atomic E-state index is 5.60. The van der Waals surface area contributed by atoms with Gasteiger partial charge in [-0.3, -0.25) is 9.97 Å². The minimum atomic E-state index is 0.338. The van der Waals surface area contributed by atoms with E-state index in [4.69, 9.17) is 10.5 Å². The second-order valence-corrected chi connectivity index (χ2v) is 4.12. The van der Waals surface area contributed by atoms with Crippen molar-refractivity contribution in [3.8, 4) is 5.75 Å². The second-order valence-electron chi connectivity index (χ2n) is 3.31. The molecule has 0 spiro atoms. The Labute approximate surface area is 107 Å². The van der Waals surface area contributed by atoms with Crippen molar-refractivity contribution in [2.24, 2.45) is 5.73 Å². The molecule has 5 nitrogen and oxygen atoms in total. The first-order valence-electron chi connectivity index (χ1n) is 5.02. The highest BCUT2D eigenvalue weighted by Crippen LogP contribution is 2.16. The first-order valence-corrected chi connectivity index (χ1v) is 5.81. The summed E-state index contributed by atoms with van der Waals surface area (Å²) in [6.07, 6.45) is 6.61. The summed E-state index contributed by atoms with van der Waals surface area (Å²) in [4.78, 5) is 12.2. The lowest BCUT2D eigenvalue weighted by atomic mass is 10.2. The molecule has 0 fully saturated rings. The molecule has 0 amide bonds. The Morgan fingerprint density at radius 2 is 2.12 bits per heavy atom. The summed E-state index contributed by atoms with van der Waals surface area (Å²) < 4.78 is 6.29. The van der Waals surface area contributed by atoms with Crippen molar-refractivity contribution in [3.05, 3.63) is 46.7 Å². The molecule has 0 aromatic carbocycles. The number of hydrogen-bond acceptors (Lipinski definition) is 5. The molecule has 0 aliphatic heterocycles. The van der Waals surface area contributed by atoms with Crippen molar-refractivity contribution < 1.29 is 4.74 Å². The Hall–Kier alpha value is -1.53. The van der Waals surface area contributed by atoms with Crippen molar-refractivity contribution >= 4 is 15.9 Å². The predicted octanol–water partition coefficient (Wildman–Crippen LogP) is 1.67. The van der Waals surface area contributed by atoms with Crippen LogP contribution >= 0.6 is 15.9 Å². The van der Waals surface area contributed by atoms with E-state index >= 15 is 0 Å². The van der Waals surface area contributed by atoms with Crippen LogP contribution in [0.15, 0.2) is 35.5 Å². The van der Waals surface area contributed by atoms with Crippen LogP contribution in [-0.4, -0.2) is 15.0 Å². The lowest BCUT2D eigenvalue weighted by Crippen LogP contribution is -2.04. The molecule has 0 bridgehead atoms. The highest BCUT2D eigenvalue weighted by atomic mass is 79.9. The summed E-state index contributed by atoms with van der Waals surface area (Å²) in [5, 5.41) is 0. The van der Waals surface area contributed by atoms with Crippen molar-refractivity contribution in [3.63, 3.8) is 0 Å². The third kappa shape index (κ3) is 3.21. The number of pyridine rings is 1. The van der Waals surface area contributed by atoms with Gasteiger partial charge >= 0.3 is 0 Å². The molecule has 2 aromatic rings. The molecule has 0 atom stereocenters. The van der Waals surface area contributed by atoms with E-state index in [-0.39, 0.29) is 0 Å². The molecule has 0 unspecified atom stereocenters. The monoisotopic (exact) mass is 294 g/mol. The average Bonchev–Trinajstić information content (AvgIpc) is 2.37. The van der Waals surface area contributed by atoms with Gasteiger partial charge in [0.25, 0.3) is 0 Å². The fourth-order valence-electron chi connectivity index (χ4n) is 1.31. The molecule has 0 saturated carbocycles. The predicted molar refractivity (Wildman–Crippen MR) is 66.2 cm³/mol. The summed E-state index contributed by atoms with van der Waals surface area (Å²) in [5.41, 5.74) is 7.26. The van der Waals surface area contributed by atoms with Gasteiger partial charge in [0.05, 0.1) is 24.3 Å². The van der Waals surface area contributed by atoms with Crippen LogP contribution in [0.25, 0.3) is 0 Å². The summed E-state index contributed by atoms with van der Waals surface area (Å²) >= 11 is 3.25. The van der Waals surface area contributed by atoms with Gasteiger partial charge in [-0.15, -0.1) is 0 Å². The minimum absolute atomic E-state index is 0.338. The van der Waals surface area contributed by atoms with Crippen molar-refractivity contribution in [2.45, 2.75) is 13.2 Å². The molecule has 2 rings (SSSR count). The molecular formula is C11H11BrN4O. The van der Waals surface area contributed by atoms with Gasteiger partial charge in [0.15, 0.2) is 0 Å². The van der Waals surface area contributed by atoms with Gasteiger partial charge in [-0.05, 0) is 22.0 Å². The maximum Gasteiger partial charge on any atom is 0.142 e. The lowest BCUT2D eigenvalue weighted by Gasteiger charge is -2.08. The Kier molecular flexibility index (Phi) is 4.00. The Bertz CT molecular complexity index is 506. The molecule has 0 saturated heterocycles. The van der Waals surface area contributed by atoms with Crippen LogP contribution in [0.2, 0.25) is 0 Å². The van der Waals surface area contributed by atoms with E-state index in [2.05, 4.69) is 30.9 Å². The highest BCUT2D eigenvalue weighted by molar-refractivity contribution is 9.10. The van der Waals surface area contributed by atoms with Crippen molar-refractivity contribution in [2.75, 3.05) is 0 Å². The van der Waals surface area contributed by atoms with Gasteiger partial charge < -0.3 is 10.5 Å². The van der Waals surface area contributed by atoms with Crippen molar-refractivity contribution in [1.82, 2.24) is 15.0 Å². The first-order chi connectivity index (χ1) is 8.29. The number of ether oxygens (including phenoxy) is 1. The van der Waals surface area contributed by atoms with Gasteiger partial charge in [0.1, 0.15) is 17.0 Å². The van der Waals surface area contributed by atoms with Gasteiger partial charge in [0, 0.05) is 18.3 Å². The average molecular weight is 295 g/mol. The standard InChI is InChI=1S/C11H11BrN4O/c12-11-6-15-4-9(16-11)7-17-10-5-14-2-1-8(10)3-13/h1-2,4-6H,3,7,13H2. The van der Waals surface area contributed by atoms with E-state index < -0.39 is 0 Å². The maximum atomic E-state index is 5.60. The largest absolute Gasteiger partial charge is 0.485 e. The van der Waals surface area contributed by atoms with Crippen LogP contribution in [-0.2, 0) is 13.2 Å². The van der Waals surface area contributed by atoms with E-state index in [1.807, 2.05) is 6.07 Å². The fourth-order valence-corrected chi connectivity index (χ4v) is 1.65. The normalized spacial score (nSPS) is 10.2. The molecular weight excluding hydrogens is 284 g/mol. The topological polar surface area (TPSA) is 73.9 Å². The number of aromatic nitrogens is 3. The second kappa shape index (κ2) is 5.70. The van der Waals surface area contributed by atoms with Crippen LogP contribution in [0.4, 0.5) is 0 Å². The number of halogens is 1. The number of rotatable bonds is 4. The summed E-state index contributed by atoms with van der Waals surface area (Å²) in [5.74, 6) is 0.678. The van der Waals surface area contributed by atoms with Crippen LogP contribution in [0.5, 0.6) is 5.75 Å². The van der Waals surface area contributed by atoms with Crippen LogP contribution < -0.4 is 10.5 Å². The van der Waals surface area contributed by atoms with E-state index in [0.717, 1.165) is 11.3 Å². The van der Waals surface area contributed by atoms with Gasteiger partial charge in [-0.2, -0.15) is 0 Å². The number of nitrogens with zero attached hydrogens (tertiary/aromatic N) is 3. The van der Waals surface area contributed by atoms with E-state index in [0.29, 0.717) is 23.5 Å². The van der Waals surface area contributed by atoms with E-state index in [9.17, 15) is 0 Å². The Morgan fingerprint density at radius 1 is 1.24 bits per heavy atom. The summed E-state index contributed by atoms with van der Waals surface area (Å²) in [6.45, 7) is 0.757. The third-order valence-electron chi connectivity index (χ3n) is 2.12. The van der Waals surface area contributed by atoms with Crippen molar-refractivity contribution in [1.29, 1.82) is 0 Å². The SMILES string of the molecule is NCc1ccncc1OCc1cncc(Br)n1. The molecule has 0 aliphatic rings. The molecule has 6 heteroatoms. The zero-order valence-corrected chi connectivity index (χ0v) is 10.6. The molecule has 2 N–H and O–H groups in total. The van der Waals surface area contributed by atoms with Gasteiger partial charge in [-0.25, -0.2) is 4.98 Å². The quantitative estimate of drug-likeness (QED) is 0.928. The molecule has 17 heavy (non-hydrogen) atoms. The zero-order valence-electron chi connectivity index (χ0n) is 9.01. The first kappa shape index (κ1) is 11.9. The zero-order chi connectivity index (χ0) is 12.1. The summed E-state index contributed by atoms with van der Waals surface area (Å²) in [6, 6.07) is 1.84. The third-order valence-corrected chi connectivity index (χ3v) is 2.50. The summed E-state index contributed by atoms with van der Waals surface area (Å²) in [7, 11) is 0. The minimum Gasteiger partial charge on any atom is -0.485 e.